The van der Waals surface area contributed by atoms with Crippen LogP contribution in [-0.4, -0.2) is 23.9 Å². The summed E-state index contributed by atoms with van der Waals surface area (Å²) >= 11 is 0. The first-order valence-electron chi connectivity index (χ1n) is 11.9. The van der Waals surface area contributed by atoms with Crippen LogP contribution in [0.2, 0.25) is 0 Å². The van der Waals surface area contributed by atoms with Crippen LogP contribution in [0.15, 0.2) is 24.3 Å². The summed E-state index contributed by atoms with van der Waals surface area (Å²) in [7, 11) is 0. The first kappa shape index (κ1) is 25.6. The number of amides is 1. The lowest BCUT2D eigenvalue weighted by Gasteiger charge is -2.37. The van der Waals surface area contributed by atoms with Gasteiger partial charge in [-0.3, -0.25) is 0 Å². The van der Waals surface area contributed by atoms with Gasteiger partial charge >= 0.3 is 6.09 Å². The fourth-order valence-electron chi connectivity index (χ4n) is 4.95. The monoisotopic (exact) mass is 437 g/mol. The molecule has 0 heterocycles. The van der Waals surface area contributed by atoms with Crippen LogP contribution in [0.4, 0.5) is 13.6 Å². The second kappa shape index (κ2) is 11.3. The maximum atomic E-state index is 15.5. The van der Waals surface area contributed by atoms with Crippen LogP contribution >= 0.6 is 0 Å². The summed E-state index contributed by atoms with van der Waals surface area (Å²) in [5.41, 5.74) is -1.13. The fraction of sp³-hybridized carbons (Fsp3) is 0.731. The van der Waals surface area contributed by atoms with E-state index in [2.05, 4.69) is 46.9 Å². The molecule has 1 aromatic carbocycles. The van der Waals surface area contributed by atoms with Gasteiger partial charge in [0.2, 0.25) is 0 Å². The second-order valence-electron chi connectivity index (χ2n) is 10.5. The Labute approximate surface area is 187 Å². The zero-order chi connectivity index (χ0) is 23.2. The summed E-state index contributed by atoms with van der Waals surface area (Å²) in [6.45, 7) is 12.9. The Bertz CT molecular complexity index is 706. The average Bonchev–Trinajstić information content (AvgIpc) is 2.65. The van der Waals surface area contributed by atoms with Gasteiger partial charge in [-0.15, -0.1) is 0 Å². The third-order valence-electron chi connectivity index (χ3n) is 6.50. The largest absolute Gasteiger partial charge is 0.446 e. The third-order valence-corrected chi connectivity index (χ3v) is 6.50. The van der Waals surface area contributed by atoms with Gasteiger partial charge in [0.25, 0.3) is 0 Å². The number of halogens is 2. The summed E-state index contributed by atoms with van der Waals surface area (Å²) in [4.78, 5) is 12.7. The molecule has 0 spiro atoms. The minimum Gasteiger partial charge on any atom is -0.446 e. The predicted octanol–water partition coefficient (Wildman–Crippen LogP) is 7.09. The number of benzene rings is 1. The van der Waals surface area contributed by atoms with Crippen LogP contribution in [0.3, 0.4) is 0 Å². The molecule has 3 nitrogen and oxygen atoms in total. The van der Waals surface area contributed by atoms with Crippen molar-refractivity contribution < 1.29 is 18.3 Å². The molecule has 4 atom stereocenters. The highest BCUT2D eigenvalue weighted by molar-refractivity contribution is 5.67. The van der Waals surface area contributed by atoms with Crippen LogP contribution in [-0.2, 0) is 11.2 Å². The smallest absolute Gasteiger partial charge is 0.407 e. The molecule has 5 heteroatoms. The van der Waals surface area contributed by atoms with Crippen molar-refractivity contribution in [2.75, 3.05) is 0 Å². The van der Waals surface area contributed by atoms with E-state index in [1.54, 1.807) is 18.2 Å². The van der Waals surface area contributed by atoms with E-state index in [1.807, 2.05) is 0 Å². The molecule has 0 aliphatic heterocycles. The van der Waals surface area contributed by atoms with Crippen LogP contribution in [0.1, 0.15) is 79.2 Å². The van der Waals surface area contributed by atoms with E-state index in [0.29, 0.717) is 36.7 Å². The van der Waals surface area contributed by atoms with Gasteiger partial charge in [0.15, 0.2) is 0 Å². The van der Waals surface area contributed by atoms with Gasteiger partial charge in [0, 0.05) is 18.9 Å². The van der Waals surface area contributed by atoms with Crippen LogP contribution in [0.25, 0.3) is 0 Å². The van der Waals surface area contributed by atoms with Crippen molar-refractivity contribution in [2.45, 2.75) is 97.9 Å². The molecule has 1 N–H and O–H groups in total. The zero-order valence-corrected chi connectivity index (χ0v) is 20.1. The molecular weight excluding hydrogens is 396 g/mol. The Balaban J connectivity index is 2.00. The molecule has 1 aromatic rings. The number of alkyl halides is 1. The van der Waals surface area contributed by atoms with E-state index in [-0.39, 0.29) is 42.6 Å². The quantitative estimate of drug-likeness (QED) is 0.448. The van der Waals surface area contributed by atoms with E-state index >= 15 is 4.39 Å². The highest BCUT2D eigenvalue weighted by atomic mass is 19.1. The van der Waals surface area contributed by atoms with Crippen molar-refractivity contribution in [2.24, 2.45) is 23.7 Å². The fourth-order valence-corrected chi connectivity index (χ4v) is 4.95. The lowest BCUT2D eigenvalue weighted by Crippen LogP contribution is -2.47. The number of nitrogens with one attached hydrogen (secondary N) is 1. The van der Waals surface area contributed by atoms with Gasteiger partial charge in [-0.1, -0.05) is 59.7 Å². The molecule has 31 heavy (non-hydrogen) atoms. The Morgan fingerprint density at radius 1 is 1.16 bits per heavy atom. The number of ether oxygens (including phenoxy) is 1. The maximum absolute atomic E-state index is 15.5. The summed E-state index contributed by atoms with van der Waals surface area (Å²) in [6.07, 6.45) is 2.32. The van der Waals surface area contributed by atoms with Gasteiger partial charge in [-0.25, -0.2) is 13.6 Å². The SMILES string of the molecule is CC(C)CC(C(C)C)C(OC(=O)NC1CCCC(F)(Cc2ccccc2F)C1)C(C)C. The molecule has 0 saturated heterocycles. The average molecular weight is 438 g/mol. The summed E-state index contributed by atoms with van der Waals surface area (Å²) in [5, 5.41) is 2.91. The summed E-state index contributed by atoms with van der Waals surface area (Å²) in [5.74, 6) is 1.02. The summed E-state index contributed by atoms with van der Waals surface area (Å²) in [6, 6.07) is 6.04. The molecule has 0 aromatic heterocycles. The van der Waals surface area contributed by atoms with E-state index < -0.39 is 11.8 Å². The second-order valence-corrected chi connectivity index (χ2v) is 10.5. The van der Waals surface area contributed by atoms with Crippen LogP contribution < -0.4 is 5.32 Å². The molecular formula is C26H41F2NO2. The number of carbonyl (C=O) groups is 1. The lowest BCUT2D eigenvalue weighted by atomic mass is 9.79. The van der Waals surface area contributed by atoms with Crippen molar-refractivity contribution in [1.82, 2.24) is 5.32 Å². The molecule has 1 aliphatic rings. The van der Waals surface area contributed by atoms with Crippen molar-refractivity contribution in [3.8, 4) is 0 Å². The lowest BCUT2D eigenvalue weighted by molar-refractivity contribution is 0.00457. The molecule has 1 fully saturated rings. The van der Waals surface area contributed by atoms with Crippen LogP contribution in [0.5, 0.6) is 0 Å². The topological polar surface area (TPSA) is 38.3 Å². The van der Waals surface area contributed by atoms with E-state index in [4.69, 9.17) is 4.74 Å². The number of hydrogen-bond acceptors (Lipinski definition) is 2. The molecule has 1 amide bonds. The maximum Gasteiger partial charge on any atom is 0.407 e. The normalized spacial score (nSPS) is 23.8. The third kappa shape index (κ3) is 7.76. The van der Waals surface area contributed by atoms with Gasteiger partial charge in [0.05, 0.1) is 0 Å². The molecule has 176 valence electrons. The van der Waals surface area contributed by atoms with Crippen molar-refractivity contribution in [3.63, 3.8) is 0 Å². The zero-order valence-electron chi connectivity index (χ0n) is 20.1. The van der Waals surface area contributed by atoms with Crippen LogP contribution in [0, 0.1) is 29.5 Å². The first-order valence-corrected chi connectivity index (χ1v) is 11.9. The molecule has 4 unspecified atom stereocenters. The predicted molar refractivity (Wildman–Crippen MR) is 122 cm³/mol. The van der Waals surface area contributed by atoms with Gasteiger partial charge < -0.3 is 10.1 Å². The Morgan fingerprint density at radius 3 is 2.42 bits per heavy atom. The Hall–Kier alpha value is -1.65. The standard InChI is InChI=1S/C26H41F2NO2/c1-17(2)14-22(18(3)4)24(19(5)6)31-25(30)29-21-11-9-13-26(28,16-21)15-20-10-7-8-12-23(20)27/h7-8,10,12,17-19,21-22,24H,9,11,13-16H2,1-6H3,(H,29,30). The highest BCUT2D eigenvalue weighted by Crippen LogP contribution is 2.36. The van der Waals surface area contributed by atoms with E-state index in [1.165, 1.54) is 6.07 Å². The van der Waals surface area contributed by atoms with Gasteiger partial charge in [0.1, 0.15) is 17.6 Å². The van der Waals surface area contributed by atoms with Gasteiger partial charge in [-0.05, 0) is 61.0 Å². The molecule has 2 rings (SSSR count). The molecule has 1 saturated carbocycles. The van der Waals surface area contributed by atoms with E-state index in [9.17, 15) is 9.18 Å². The summed E-state index contributed by atoms with van der Waals surface area (Å²) < 4.78 is 35.5. The number of carbonyl (C=O) groups excluding carboxylic acids is 1. The van der Waals surface area contributed by atoms with E-state index in [0.717, 1.165) is 6.42 Å². The minimum atomic E-state index is -1.52. The minimum absolute atomic E-state index is 0.0331. The number of alkyl carbamates (subject to hydrolysis) is 1. The molecule has 1 aliphatic carbocycles. The number of hydrogen-bond donors (Lipinski definition) is 1. The Morgan fingerprint density at radius 2 is 1.84 bits per heavy atom. The van der Waals surface area contributed by atoms with Gasteiger partial charge in [-0.2, -0.15) is 0 Å². The van der Waals surface area contributed by atoms with Crippen molar-refractivity contribution >= 4 is 6.09 Å². The highest BCUT2D eigenvalue weighted by Gasteiger charge is 2.38. The van der Waals surface area contributed by atoms with Crippen molar-refractivity contribution in [1.29, 1.82) is 0 Å². The molecule has 0 bridgehead atoms. The number of rotatable bonds is 9. The molecule has 0 radical (unpaired) electrons. The first-order chi connectivity index (χ1) is 14.5. The van der Waals surface area contributed by atoms with Crippen molar-refractivity contribution in [3.05, 3.63) is 35.6 Å². The Kier molecular flexibility index (Phi) is 9.32.